The van der Waals surface area contributed by atoms with Crippen LogP contribution in [0.5, 0.6) is 0 Å². The van der Waals surface area contributed by atoms with Gasteiger partial charge < -0.3 is 18.9 Å². The van der Waals surface area contributed by atoms with E-state index in [0.717, 1.165) is 154 Å². The minimum Gasteiger partial charge on any atom is -0.462 e. The fourth-order valence-corrected chi connectivity index (χ4v) is 9.39. The molecule has 0 heterocycles. The van der Waals surface area contributed by atoms with Crippen molar-refractivity contribution in [1.29, 1.82) is 0 Å². The number of nitrogens with zero attached hydrogens (tertiary/aromatic N) is 1. The van der Waals surface area contributed by atoms with Gasteiger partial charge in [-0.3, -0.25) is 18.6 Å². The summed E-state index contributed by atoms with van der Waals surface area (Å²) in [5, 5.41) is 0. The highest BCUT2D eigenvalue weighted by molar-refractivity contribution is 7.47. The fourth-order valence-electron chi connectivity index (χ4n) is 8.65. The Morgan fingerprint density at radius 3 is 0.891 bits per heavy atom. The Kier molecular flexibility index (Phi) is 65.4. The smallest absolute Gasteiger partial charge is 0.462 e. The Morgan fingerprint density at radius 1 is 0.337 bits per heavy atom. The molecule has 0 saturated carbocycles. The topological polar surface area (TPSA) is 108 Å². The van der Waals surface area contributed by atoms with Crippen molar-refractivity contribution >= 4 is 19.8 Å². The van der Waals surface area contributed by atoms with E-state index >= 15 is 0 Å². The van der Waals surface area contributed by atoms with Crippen molar-refractivity contribution in [2.45, 2.75) is 238 Å². The Bertz CT molecular complexity index is 2360. The lowest BCUT2D eigenvalue weighted by atomic mass is 10.1. The molecule has 514 valence electrons. The third-order valence-electron chi connectivity index (χ3n) is 14.0. The Balaban J connectivity index is 4.24. The molecule has 0 saturated heterocycles. The number of hydrogen-bond acceptors (Lipinski definition) is 7. The molecular formula is C82H129NO8P+. The second kappa shape index (κ2) is 69.7. The van der Waals surface area contributed by atoms with E-state index in [-0.39, 0.29) is 26.1 Å². The van der Waals surface area contributed by atoms with Gasteiger partial charge in [0.25, 0.3) is 0 Å². The summed E-state index contributed by atoms with van der Waals surface area (Å²) in [6, 6.07) is 0. The van der Waals surface area contributed by atoms with Crippen molar-refractivity contribution < 1.29 is 42.1 Å². The molecule has 0 fully saturated rings. The molecular weight excluding hydrogens is 1160 g/mol. The van der Waals surface area contributed by atoms with Gasteiger partial charge in [0.1, 0.15) is 19.8 Å². The van der Waals surface area contributed by atoms with Crippen molar-refractivity contribution in [2.24, 2.45) is 0 Å². The minimum atomic E-state index is -4.42. The van der Waals surface area contributed by atoms with Gasteiger partial charge in [0.05, 0.1) is 27.7 Å². The lowest BCUT2D eigenvalue weighted by Gasteiger charge is -2.24. The first-order valence-corrected chi connectivity index (χ1v) is 37.0. The summed E-state index contributed by atoms with van der Waals surface area (Å²) in [7, 11) is 1.41. The van der Waals surface area contributed by atoms with E-state index in [0.29, 0.717) is 23.9 Å². The van der Waals surface area contributed by atoms with Crippen LogP contribution in [-0.2, 0) is 32.7 Å². The van der Waals surface area contributed by atoms with Gasteiger partial charge in [-0.1, -0.05) is 284 Å². The molecule has 1 N–H and O–H groups in total. The molecule has 2 unspecified atom stereocenters. The van der Waals surface area contributed by atoms with E-state index in [4.69, 9.17) is 18.5 Å². The van der Waals surface area contributed by atoms with Crippen LogP contribution in [0, 0.1) is 0 Å². The molecule has 0 bridgehead atoms. The van der Waals surface area contributed by atoms with Crippen LogP contribution in [0.3, 0.4) is 0 Å². The third-order valence-corrected chi connectivity index (χ3v) is 15.0. The number of unbranched alkanes of at least 4 members (excludes halogenated alkanes) is 12. The van der Waals surface area contributed by atoms with Crippen LogP contribution in [0.25, 0.3) is 0 Å². The second-order valence-electron chi connectivity index (χ2n) is 23.8. The molecule has 92 heavy (non-hydrogen) atoms. The maximum Gasteiger partial charge on any atom is 0.472 e. The van der Waals surface area contributed by atoms with Crippen LogP contribution >= 0.6 is 7.82 Å². The minimum absolute atomic E-state index is 0.00984. The summed E-state index contributed by atoms with van der Waals surface area (Å²) < 4.78 is 34.6. The molecule has 0 amide bonds. The normalized spacial score (nSPS) is 14.5. The lowest BCUT2D eigenvalue weighted by molar-refractivity contribution is -0.870. The molecule has 0 aliphatic heterocycles. The molecule has 0 aliphatic rings. The van der Waals surface area contributed by atoms with Crippen molar-refractivity contribution in [3.63, 3.8) is 0 Å². The van der Waals surface area contributed by atoms with Crippen molar-refractivity contribution in [3.8, 4) is 0 Å². The van der Waals surface area contributed by atoms with Crippen LogP contribution in [0.4, 0.5) is 0 Å². The molecule has 0 aromatic carbocycles. The molecule has 0 aromatic heterocycles. The summed E-state index contributed by atoms with van der Waals surface area (Å²) in [6.45, 7) is 4.12. The largest absolute Gasteiger partial charge is 0.472 e. The van der Waals surface area contributed by atoms with Crippen LogP contribution < -0.4 is 0 Å². The number of likely N-dealkylation sites (N-methyl/N-ethyl adjacent to an activating group) is 1. The summed E-state index contributed by atoms with van der Waals surface area (Å²) in [5.41, 5.74) is 0. The van der Waals surface area contributed by atoms with Gasteiger partial charge in [0.15, 0.2) is 6.10 Å². The Hall–Kier alpha value is -5.67. The van der Waals surface area contributed by atoms with Crippen LogP contribution in [0.2, 0.25) is 0 Å². The first kappa shape index (κ1) is 86.3. The third kappa shape index (κ3) is 73.4. The summed E-state index contributed by atoms with van der Waals surface area (Å²) in [6.07, 6.45) is 112. The predicted molar refractivity (Wildman–Crippen MR) is 398 cm³/mol. The number of hydrogen-bond donors (Lipinski definition) is 1. The first-order chi connectivity index (χ1) is 45.0. The van der Waals surface area contributed by atoms with E-state index < -0.39 is 32.5 Å². The molecule has 10 heteroatoms. The monoisotopic (exact) mass is 1290 g/mol. The number of phosphoric ester groups is 1. The predicted octanol–water partition coefficient (Wildman–Crippen LogP) is 23.6. The van der Waals surface area contributed by atoms with Crippen LogP contribution in [0.15, 0.2) is 219 Å². The standard InChI is InChI=1S/C82H128NO8P/c1-6-8-10-12-14-16-18-20-22-24-26-28-30-32-34-36-37-38-39-40-41-42-43-44-45-47-49-51-53-55-57-59-61-63-65-67-69-71-73-75-82(85)91-80(79-90-92(86,87)89-77-76-83(3,4)5)78-88-81(84)74-72-70-68-66-64-62-60-58-56-54-52-50-48-46-35-33-31-29-27-25-23-21-19-17-15-13-11-9-7-2/h8-11,14-17,20-23,26-29,32-35,37-38,40-41,43-44,47-50,53,55,59,61,65,67,80H,6-7,12-13,18-19,24-25,30-31,36,39,42,45-46,51-52,54,56-58,60,62-64,66,68-79H2,1-5H3/p+1/b10-8-,11-9-,16-14-,17-15-,22-20-,23-21-,28-26-,29-27-,34-32-,35-33-,38-37-,41-40-,44-43-,49-47-,50-48-,55-53-,61-59-,67-65-. The van der Waals surface area contributed by atoms with Gasteiger partial charge in [-0.15, -0.1) is 0 Å². The molecule has 0 spiro atoms. The van der Waals surface area contributed by atoms with Crippen LogP contribution in [-0.4, -0.2) is 74.9 Å². The molecule has 0 rings (SSSR count). The maximum absolute atomic E-state index is 12.9. The first-order valence-electron chi connectivity index (χ1n) is 35.5. The zero-order valence-electron chi connectivity index (χ0n) is 58.4. The van der Waals surface area contributed by atoms with E-state index in [9.17, 15) is 19.0 Å². The van der Waals surface area contributed by atoms with Gasteiger partial charge >= 0.3 is 19.8 Å². The van der Waals surface area contributed by atoms with Gasteiger partial charge in [-0.2, -0.15) is 0 Å². The molecule has 9 nitrogen and oxygen atoms in total. The Labute approximate surface area is 563 Å². The van der Waals surface area contributed by atoms with Gasteiger partial charge in [0, 0.05) is 12.8 Å². The number of carbonyl (C=O) groups excluding carboxylic acids is 2. The van der Waals surface area contributed by atoms with E-state index in [2.05, 4.69) is 233 Å². The number of carbonyl (C=O) groups is 2. The van der Waals surface area contributed by atoms with Crippen molar-refractivity contribution in [3.05, 3.63) is 219 Å². The van der Waals surface area contributed by atoms with E-state index in [1.807, 2.05) is 21.1 Å². The highest BCUT2D eigenvalue weighted by atomic mass is 31.2. The molecule has 0 aliphatic carbocycles. The van der Waals surface area contributed by atoms with Gasteiger partial charge in [-0.25, -0.2) is 4.57 Å². The maximum atomic E-state index is 12.9. The summed E-state index contributed by atoms with van der Waals surface area (Å²) in [5.74, 6) is -0.871. The quantitative estimate of drug-likeness (QED) is 0.0211. The lowest BCUT2D eigenvalue weighted by Crippen LogP contribution is -2.37. The number of rotatable bonds is 62. The van der Waals surface area contributed by atoms with Crippen molar-refractivity contribution in [1.82, 2.24) is 0 Å². The van der Waals surface area contributed by atoms with Crippen molar-refractivity contribution in [2.75, 3.05) is 47.5 Å². The summed E-state index contributed by atoms with van der Waals surface area (Å²) in [4.78, 5) is 35.9. The summed E-state index contributed by atoms with van der Waals surface area (Å²) >= 11 is 0. The molecule has 2 atom stereocenters. The number of quaternary nitrogens is 1. The highest BCUT2D eigenvalue weighted by Crippen LogP contribution is 2.43. The van der Waals surface area contributed by atoms with Crippen LogP contribution in [0.1, 0.15) is 232 Å². The van der Waals surface area contributed by atoms with E-state index in [1.165, 1.54) is 38.5 Å². The van der Waals surface area contributed by atoms with E-state index in [1.54, 1.807) is 0 Å². The second-order valence-corrected chi connectivity index (χ2v) is 25.3. The number of allylic oxidation sites excluding steroid dienone is 36. The number of ether oxygens (including phenoxy) is 2. The van der Waals surface area contributed by atoms with Gasteiger partial charge in [0.2, 0.25) is 0 Å². The average Bonchev–Trinajstić information content (AvgIpc) is 2.14. The highest BCUT2D eigenvalue weighted by Gasteiger charge is 2.27. The van der Waals surface area contributed by atoms with Gasteiger partial charge in [-0.05, 0) is 154 Å². The number of esters is 2. The zero-order valence-corrected chi connectivity index (χ0v) is 59.3. The molecule has 0 radical (unpaired) electrons. The zero-order chi connectivity index (χ0) is 66.9. The fraction of sp³-hybridized carbons (Fsp3) is 0.537. The average molecular weight is 1290 g/mol. The SMILES string of the molecule is CC/C=C\C/C=C\C/C=C\C/C=C\C/C=C\C/C=C\C/C=C\C/C=C\C/C=C\C/C=C\C/C=C\C/C=C\CCCCC(=O)OC(COC(=O)CCCCCCCCCCCC/C=C\C/C=C\C/C=C\C/C=C\C/C=C\C/C=C\CC)COP(=O)(O)OCC[N+](C)(C)C. The molecule has 0 aromatic rings. The number of phosphoric acid groups is 1. The Morgan fingerprint density at radius 2 is 0.587 bits per heavy atom.